The van der Waals surface area contributed by atoms with Crippen molar-refractivity contribution in [3.05, 3.63) is 6.07 Å². The average Bonchev–Trinajstić information content (AvgIpc) is 2.45. The Labute approximate surface area is 130 Å². The van der Waals surface area contributed by atoms with E-state index >= 15 is 0 Å². The van der Waals surface area contributed by atoms with Crippen molar-refractivity contribution in [2.75, 3.05) is 20.8 Å². The first-order chi connectivity index (χ1) is 9.90. The van der Waals surface area contributed by atoms with Crippen LogP contribution in [-0.4, -0.2) is 42.2 Å². The van der Waals surface area contributed by atoms with E-state index in [1.54, 1.807) is 20.3 Å². The molecule has 0 radical (unpaired) electrons. The largest absolute Gasteiger partial charge is 0.481 e. The summed E-state index contributed by atoms with van der Waals surface area (Å²) in [4.78, 5) is 8.70. The van der Waals surface area contributed by atoms with Gasteiger partial charge in [0.25, 0.3) is 0 Å². The third kappa shape index (κ3) is 5.79. The molecule has 0 amide bonds. The van der Waals surface area contributed by atoms with Crippen LogP contribution in [0.5, 0.6) is 11.8 Å². The van der Waals surface area contributed by atoms with E-state index in [0.29, 0.717) is 16.9 Å². The van der Waals surface area contributed by atoms with Crippen molar-refractivity contribution < 1.29 is 9.47 Å². The van der Waals surface area contributed by atoms with E-state index in [1.165, 1.54) is 11.8 Å². The highest BCUT2D eigenvalue weighted by Crippen LogP contribution is 2.34. The Hall–Kier alpha value is -1.50. The van der Waals surface area contributed by atoms with E-state index in [1.807, 2.05) is 13.1 Å². The highest BCUT2D eigenvalue weighted by atomic mass is 32.2. The normalized spacial score (nSPS) is 13.2. The smallest absolute Gasteiger partial charge is 0.220 e. The molecule has 0 aliphatic rings. The third-order valence-corrected chi connectivity index (χ3v) is 4.10. The number of hydrogen-bond acceptors (Lipinski definition) is 7. The molecule has 0 aromatic carbocycles. The summed E-state index contributed by atoms with van der Waals surface area (Å²) in [6.07, 6.45) is 1.89. The summed E-state index contributed by atoms with van der Waals surface area (Å²) >= 11 is 1.53. The molecule has 1 aromatic heterocycles. The zero-order chi connectivity index (χ0) is 15.9. The molecule has 0 saturated carbocycles. The molecule has 21 heavy (non-hydrogen) atoms. The first kappa shape index (κ1) is 17.6. The van der Waals surface area contributed by atoms with Crippen LogP contribution in [0.3, 0.4) is 0 Å². The highest BCUT2D eigenvalue weighted by Gasteiger charge is 2.26. The third-order valence-electron chi connectivity index (χ3n) is 2.62. The standard InChI is InChI=1S/C14H24N4O2S/c1-7-15-16-9-10(14(2,3)4)21-13-17-11(19-5)8-12(18-13)20-6/h8-10,15H,7H2,1-6H3. The van der Waals surface area contributed by atoms with Gasteiger partial charge in [-0.05, 0) is 12.3 Å². The van der Waals surface area contributed by atoms with Crippen LogP contribution in [-0.2, 0) is 0 Å². The minimum absolute atomic E-state index is 0.0171. The lowest BCUT2D eigenvalue weighted by Crippen LogP contribution is -2.26. The minimum Gasteiger partial charge on any atom is -0.481 e. The van der Waals surface area contributed by atoms with Gasteiger partial charge in [0.15, 0.2) is 5.16 Å². The predicted molar refractivity (Wildman–Crippen MR) is 86.4 cm³/mol. The van der Waals surface area contributed by atoms with Crippen LogP contribution in [0.2, 0.25) is 0 Å². The molecule has 0 fully saturated rings. The van der Waals surface area contributed by atoms with Crippen LogP contribution >= 0.6 is 11.8 Å². The fraction of sp³-hybridized carbons (Fsp3) is 0.643. The second-order valence-electron chi connectivity index (χ2n) is 5.43. The number of hydrazone groups is 1. The van der Waals surface area contributed by atoms with Crippen molar-refractivity contribution in [1.82, 2.24) is 15.4 Å². The molecule has 0 saturated heterocycles. The molecule has 1 heterocycles. The van der Waals surface area contributed by atoms with E-state index in [9.17, 15) is 0 Å². The van der Waals surface area contributed by atoms with Gasteiger partial charge in [0.2, 0.25) is 11.8 Å². The number of nitrogens with zero attached hydrogens (tertiary/aromatic N) is 3. The fourth-order valence-corrected chi connectivity index (χ4v) is 2.39. The Morgan fingerprint density at radius 2 is 1.86 bits per heavy atom. The van der Waals surface area contributed by atoms with Gasteiger partial charge in [0.05, 0.1) is 25.5 Å². The van der Waals surface area contributed by atoms with E-state index in [-0.39, 0.29) is 10.7 Å². The van der Waals surface area contributed by atoms with Crippen LogP contribution in [0.15, 0.2) is 16.3 Å². The van der Waals surface area contributed by atoms with Gasteiger partial charge < -0.3 is 14.9 Å². The summed E-state index contributed by atoms with van der Waals surface area (Å²) in [5, 5.41) is 4.95. The zero-order valence-corrected chi connectivity index (χ0v) is 14.3. The molecule has 6 nitrogen and oxygen atoms in total. The van der Waals surface area contributed by atoms with Gasteiger partial charge in [0.1, 0.15) is 0 Å². The second-order valence-corrected chi connectivity index (χ2v) is 6.54. The number of hydrogen-bond donors (Lipinski definition) is 1. The van der Waals surface area contributed by atoms with Gasteiger partial charge in [-0.3, -0.25) is 0 Å². The van der Waals surface area contributed by atoms with Gasteiger partial charge in [-0.2, -0.15) is 15.1 Å². The van der Waals surface area contributed by atoms with Crippen molar-refractivity contribution in [3.63, 3.8) is 0 Å². The lowest BCUT2D eigenvalue weighted by Gasteiger charge is -2.26. The molecule has 1 aromatic rings. The number of rotatable bonds is 7. The van der Waals surface area contributed by atoms with Crippen molar-refractivity contribution in [2.45, 2.75) is 38.1 Å². The Bertz CT molecular complexity index is 452. The average molecular weight is 312 g/mol. The van der Waals surface area contributed by atoms with E-state index in [0.717, 1.165) is 6.54 Å². The Kier molecular flexibility index (Phi) is 6.74. The van der Waals surface area contributed by atoms with Crippen LogP contribution in [0.4, 0.5) is 0 Å². The summed E-state index contributed by atoms with van der Waals surface area (Å²) in [6.45, 7) is 9.26. The van der Waals surface area contributed by atoms with E-state index in [4.69, 9.17) is 9.47 Å². The molecule has 0 spiro atoms. The minimum atomic E-state index is 0.0171. The first-order valence-electron chi connectivity index (χ1n) is 6.80. The first-order valence-corrected chi connectivity index (χ1v) is 7.68. The Morgan fingerprint density at radius 1 is 1.29 bits per heavy atom. The molecule has 1 unspecified atom stereocenters. The quantitative estimate of drug-likeness (QED) is 0.361. The molecular formula is C14H24N4O2S. The molecule has 7 heteroatoms. The number of methoxy groups -OCH3 is 2. The maximum Gasteiger partial charge on any atom is 0.220 e. The SMILES string of the molecule is CCNN=CC(Sc1nc(OC)cc(OC)n1)C(C)(C)C. The lowest BCUT2D eigenvalue weighted by atomic mass is 9.92. The fourth-order valence-electron chi connectivity index (χ4n) is 1.40. The summed E-state index contributed by atoms with van der Waals surface area (Å²) in [5.74, 6) is 0.973. The Balaban J connectivity index is 2.97. The van der Waals surface area contributed by atoms with E-state index in [2.05, 4.69) is 41.3 Å². The van der Waals surface area contributed by atoms with Gasteiger partial charge in [-0.1, -0.05) is 32.5 Å². The van der Waals surface area contributed by atoms with Crippen LogP contribution < -0.4 is 14.9 Å². The van der Waals surface area contributed by atoms with Crippen molar-refractivity contribution in [1.29, 1.82) is 0 Å². The number of ether oxygens (including phenoxy) is 2. The van der Waals surface area contributed by atoms with Gasteiger partial charge >= 0.3 is 0 Å². The maximum atomic E-state index is 5.17. The summed E-state index contributed by atoms with van der Waals surface area (Å²) in [7, 11) is 3.15. The summed E-state index contributed by atoms with van der Waals surface area (Å²) in [5.41, 5.74) is 2.96. The molecule has 1 N–H and O–H groups in total. The van der Waals surface area contributed by atoms with Crippen LogP contribution in [0.1, 0.15) is 27.7 Å². The van der Waals surface area contributed by atoms with Crippen LogP contribution in [0.25, 0.3) is 0 Å². The lowest BCUT2D eigenvalue weighted by molar-refractivity contribution is 0.364. The predicted octanol–water partition coefficient (Wildman–Crippen LogP) is 2.60. The molecule has 1 atom stereocenters. The van der Waals surface area contributed by atoms with Gasteiger partial charge in [-0.15, -0.1) is 0 Å². The number of nitrogens with one attached hydrogen (secondary N) is 1. The van der Waals surface area contributed by atoms with Crippen molar-refractivity contribution in [3.8, 4) is 11.8 Å². The monoisotopic (exact) mass is 312 g/mol. The van der Waals surface area contributed by atoms with Crippen molar-refractivity contribution >= 4 is 18.0 Å². The van der Waals surface area contributed by atoms with E-state index < -0.39 is 0 Å². The summed E-state index contributed by atoms with van der Waals surface area (Å²) < 4.78 is 10.3. The topological polar surface area (TPSA) is 68.6 Å². The molecule has 0 aliphatic carbocycles. The number of thioether (sulfide) groups is 1. The van der Waals surface area contributed by atoms with Crippen LogP contribution in [0, 0.1) is 5.41 Å². The Morgan fingerprint density at radius 3 is 2.29 bits per heavy atom. The van der Waals surface area contributed by atoms with Crippen molar-refractivity contribution in [2.24, 2.45) is 10.5 Å². The zero-order valence-electron chi connectivity index (χ0n) is 13.5. The molecule has 0 bridgehead atoms. The molecular weight excluding hydrogens is 288 g/mol. The highest BCUT2D eigenvalue weighted by molar-refractivity contribution is 8.00. The number of aromatic nitrogens is 2. The summed E-state index contributed by atoms with van der Waals surface area (Å²) in [6, 6.07) is 1.66. The molecule has 1 rings (SSSR count). The maximum absolute atomic E-state index is 5.17. The second kappa shape index (κ2) is 8.07. The van der Waals surface area contributed by atoms with Gasteiger partial charge in [0, 0.05) is 12.8 Å². The van der Waals surface area contributed by atoms with Gasteiger partial charge in [-0.25, -0.2) is 0 Å². The molecule has 118 valence electrons. The molecule has 0 aliphatic heterocycles.